The molecule has 0 unspecified atom stereocenters. The van der Waals surface area contributed by atoms with E-state index in [2.05, 4.69) is 34.7 Å². The van der Waals surface area contributed by atoms with Gasteiger partial charge in [0.05, 0.1) is 6.10 Å². The third-order valence-corrected chi connectivity index (χ3v) is 4.32. The minimum Gasteiger partial charge on any atom is -0.392 e. The van der Waals surface area contributed by atoms with Gasteiger partial charge in [-0.15, -0.1) is 0 Å². The molecule has 2 heterocycles. The molecule has 0 aromatic carbocycles. The first-order chi connectivity index (χ1) is 9.61. The summed E-state index contributed by atoms with van der Waals surface area (Å²) in [5.74, 6) is 0. The predicted octanol–water partition coefficient (Wildman–Crippen LogP) is 1.92. The van der Waals surface area contributed by atoms with E-state index in [-0.39, 0.29) is 6.10 Å². The fraction of sp³-hybridized carbons (Fsp3) is 0.688. The Hall–Kier alpha value is -0.970. The lowest BCUT2D eigenvalue weighted by atomic mass is 10.0. The quantitative estimate of drug-likeness (QED) is 0.892. The summed E-state index contributed by atoms with van der Waals surface area (Å²) in [5.41, 5.74) is 1.28. The number of rotatable bonds is 5. The lowest BCUT2D eigenvalue weighted by molar-refractivity contribution is 0.0222. The molecule has 4 nitrogen and oxygen atoms in total. The fourth-order valence-corrected chi connectivity index (χ4v) is 3.07. The molecule has 0 bridgehead atoms. The molecule has 0 amide bonds. The highest BCUT2D eigenvalue weighted by atomic mass is 16.3. The second-order valence-electron chi connectivity index (χ2n) is 5.86. The molecule has 1 aliphatic rings. The van der Waals surface area contributed by atoms with E-state index < -0.39 is 0 Å². The Balaban J connectivity index is 1.99. The van der Waals surface area contributed by atoms with Crippen molar-refractivity contribution in [1.29, 1.82) is 0 Å². The maximum Gasteiger partial charge on any atom is 0.0639 e. The molecule has 0 saturated carbocycles. The Kier molecular flexibility index (Phi) is 5.52. The van der Waals surface area contributed by atoms with Crippen LogP contribution < -0.4 is 0 Å². The molecule has 1 fully saturated rings. The highest BCUT2D eigenvalue weighted by molar-refractivity contribution is 5.13. The lowest BCUT2D eigenvalue weighted by Crippen LogP contribution is -2.54. The minimum absolute atomic E-state index is 0.244. The second kappa shape index (κ2) is 7.16. The van der Waals surface area contributed by atoms with E-state index in [1.165, 1.54) is 5.56 Å². The van der Waals surface area contributed by atoms with Crippen LogP contribution in [0.5, 0.6) is 0 Å². The molecule has 1 aromatic heterocycles. The van der Waals surface area contributed by atoms with Crippen LogP contribution in [-0.4, -0.2) is 58.2 Å². The standard InChI is InChI=1S/C16H27N3O/c1-4-16-12-18(8-9-19(16)11-13(2)20)14(3)15-6-5-7-17-10-15/h5-7,10,13-14,16,20H,4,8-9,11-12H2,1-3H3/t13-,14-,16-/m1/s1. The van der Waals surface area contributed by atoms with Crippen molar-refractivity contribution in [1.82, 2.24) is 14.8 Å². The molecular weight excluding hydrogens is 250 g/mol. The van der Waals surface area contributed by atoms with Gasteiger partial charge in [-0.1, -0.05) is 13.0 Å². The second-order valence-corrected chi connectivity index (χ2v) is 5.86. The number of β-amino-alcohol motifs (C(OH)–C–C–N with tert-alkyl or cyclic N) is 1. The van der Waals surface area contributed by atoms with E-state index >= 15 is 0 Å². The molecule has 1 aromatic rings. The van der Waals surface area contributed by atoms with E-state index in [0.717, 1.165) is 32.6 Å². The summed E-state index contributed by atoms with van der Waals surface area (Å²) in [7, 11) is 0. The molecule has 2 rings (SSSR count). The van der Waals surface area contributed by atoms with Gasteiger partial charge in [0.25, 0.3) is 0 Å². The largest absolute Gasteiger partial charge is 0.392 e. The summed E-state index contributed by atoms with van der Waals surface area (Å²) < 4.78 is 0. The summed E-state index contributed by atoms with van der Waals surface area (Å²) in [6, 6.07) is 5.11. The van der Waals surface area contributed by atoms with Gasteiger partial charge in [0.15, 0.2) is 0 Å². The number of hydrogen-bond acceptors (Lipinski definition) is 4. The van der Waals surface area contributed by atoms with Crippen molar-refractivity contribution < 1.29 is 5.11 Å². The Morgan fingerprint density at radius 2 is 2.20 bits per heavy atom. The Labute approximate surface area is 122 Å². The third kappa shape index (κ3) is 3.78. The van der Waals surface area contributed by atoms with Gasteiger partial charge >= 0.3 is 0 Å². The van der Waals surface area contributed by atoms with Crippen molar-refractivity contribution >= 4 is 0 Å². The van der Waals surface area contributed by atoms with Crippen molar-refractivity contribution in [2.45, 2.75) is 45.4 Å². The molecule has 112 valence electrons. The highest BCUT2D eigenvalue weighted by Crippen LogP contribution is 2.24. The molecule has 1 aliphatic heterocycles. The summed E-state index contributed by atoms with van der Waals surface area (Å²) in [5, 5.41) is 9.61. The van der Waals surface area contributed by atoms with E-state index in [0.29, 0.717) is 12.1 Å². The molecule has 3 atom stereocenters. The maximum atomic E-state index is 9.61. The zero-order valence-corrected chi connectivity index (χ0v) is 12.9. The number of aliphatic hydroxyl groups excluding tert-OH is 1. The van der Waals surface area contributed by atoms with Gasteiger partial charge < -0.3 is 5.11 Å². The number of pyridine rings is 1. The first-order valence-corrected chi connectivity index (χ1v) is 7.68. The molecule has 1 N–H and O–H groups in total. The van der Waals surface area contributed by atoms with Gasteiger partial charge in [-0.25, -0.2) is 0 Å². The van der Waals surface area contributed by atoms with Gasteiger partial charge in [0.2, 0.25) is 0 Å². The zero-order chi connectivity index (χ0) is 14.5. The van der Waals surface area contributed by atoms with Crippen molar-refractivity contribution in [3.63, 3.8) is 0 Å². The first-order valence-electron chi connectivity index (χ1n) is 7.68. The average molecular weight is 277 g/mol. The number of piperazine rings is 1. The van der Waals surface area contributed by atoms with Gasteiger partial charge in [-0.05, 0) is 31.9 Å². The Morgan fingerprint density at radius 3 is 2.80 bits per heavy atom. The summed E-state index contributed by atoms with van der Waals surface area (Å²) in [4.78, 5) is 9.18. The molecule has 0 aliphatic carbocycles. The van der Waals surface area contributed by atoms with Crippen molar-refractivity contribution in [3.05, 3.63) is 30.1 Å². The van der Waals surface area contributed by atoms with Crippen molar-refractivity contribution in [2.24, 2.45) is 0 Å². The Bertz CT molecular complexity index is 396. The maximum absolute atomic E-state index is 9.61. The number of aliphatic hydroxyl groups is 1. The van der Waals surface area contributed by atoms with Crippen LogP contribution in [0.15, 0.2) is 24.5 Å². The van der Waals surface area contributed by atoms with Crippen LogP contribution in [0.25, 0.3) is 0 Å². The summed E-state index contributed by atoms with van der Waals surface area (Å²) in [6.07, 6.45) is 4.67. The van der Waals surface area contributed by atoms with E-state index in [1.54, 1.807) is 0 Å². The Morgan fingerprint density at radius 1 is 1.40 bits per heavy atom. The molecule has 4 heteroatoms. The summed E-state index contributed by atoms with van der Waals surface area (Å²) >= 11 is 0. The van der Waals surface area contributed by atoms with Gasteiger partial charge in [-0.2, -0.15) is 0 Å². The van der Waals surface area contributed by atoms with Gasteiger partial charge in [0, 0.05) is 50.7 Å². The molecular formula is C16H27N3O. The minimum atomic E-state index is -0.244. The number of nitrogens with zero attached hydrogens (tertiary/aromatic N) is 3. The first kappa shape index (κ1) is 15.4. The molecule has 20 heavy (non-hydrogen) atoms. The topological polar surface area (TPSA) is 39.6 Å². The van der Waals surface area contributed by atoms with Crippen LogP contribution in [0.1, 0.15) is 38.8 Å². The third-order valence-electron chi connectivity index (χ3n) is 4.32. The van der Waals surface area contributed by atoms with Crippen LogP contribution >= 0.6 is 0 Å². The lowest BCUT2D eigenvalue weighted by Gasteiger charge is -2.44. The number of aromatic nitrogens is 1. The van der Waals surface area contributed by atoms with E-state index in [9.17, 15) is 5.11 Å². The monoisotopic (exact) mass is 277 g/mol. The SMILES string of the molecule is CC[C@@H]1CN([C@H](C)c2cccnc2)CCN1C[C@@H](C)O. The highest BCUT2D eigenvalue weighted by Gasteiger charge is 2.29. The van der Waals surface area contributed by atoms with E-state index in [1.807, 2.05) is 25.4 Å². The zero-order valence-electron chi connectivity index (χ0n) is 12.9. The smallest absolute Gasteiger partial charge is 0.0639 e. The molecule has 0 spiro atoms. The summed E-state index contributed by atoms with van der Waals surface area (Å²) in [6.45, 7) is 10.3. The van der Waals surface area contributed by atoms with Crippen LogP contribution in [0.4, 0.5) is 0 Å². The van der Waals surface area contributed by atoms with Gasteiger partial charge in [-0.3, -0.25) is 14.8 Å². The van der Waals surface area contributed by atoms with Crippen LogP contribution in [0.2, 0.25) is 0 Å². The van der Waals surface area contributed by atoms with Crippen molar-refractivity contribution in [3.8, 4) is 0 Å². The normalized spacial score (nSPS) is 24.5. The van der Waals surface area contributed by atoms with Crippen LogP contribution in [0.3, 0.4) is 0 Å². The van der Waals surface area contributed by atoms with Gasteiger partial charge in [0.1, 0.15) is 0 Å². The van der Waals surface area contributed by atoms with Crippen molar-refractivity contribution in [2.75, 3.05) is 26.2 Å². The predicted molar refractivity (Wildman–Crippen MR) is 81.6 cm³/mol. The average Bonchev–Trinajstić information content (AvgIpc) is 2.47. The number of hydrogen-bond donors (Lipinski definition) is 1. The van der Waals surface area contributed by atoms with Crippen LogP contribution in [-0.2, 0) is 0 Å². The molecule has 1 saturated heterocycles. The fourth-order valence-electron chi connectivity index (χ4n) is 3.07. The van der Waals surface area contributed by atoms with E-state index in [4.69, 9.17) is 0 Å². The molecule has 0 radical (unpaired) electrons. The van der Waals surface area contributed by atoms with Crippen LogP contribution in [0, 0.1) is 0 Å².